The number of ether oxygens (including phenoxy) is 1. The SMILES string of the molecule is O=C(/C=N/O)Nc1cc(Br)c(Oc2ccc(O)c(Cc3cccc(Cl)c3)c2)c(Br)c1. The van der Waals surface area contributed by atoms with Gasteiger partial charge in [0, 0.05) is 22.7 Å². The van der Waals surface area contributed by atoms with Crippen molar-refractivity contribution in [2.45, 2.75) is 6.42 Å². The van der Waals surface area contributed by atoms with Crippen LogP contribution in [0.3, 0.4) is 0 Å². The first-order valence-electron chi connectivity index (χ1n) is 8.57. The Labute approximate surface area is 194 Å². The minimum Gasteiger partial charge on any atom is -0.508 e. The van der Waals surface area contributed by atoms with Crippen LogP contribution in [0.2, 0.25) is 5.02 Å². The van der Waals surface area contributed by atoms with E-state index < -0.39 is 5.91 Å². The smallest absolute Gasteiger partial charge is 0.270 e. The van der Waals surface area contributed by atoms with Crippen molar-refractivity contribution >= 4 is 61.3 Å². The highest BCUT2D eigenvalue weighted by Crippen LogP contribution is 2.40. The molecule has 0 aliphatic rings. The summed E-state index contributed by atoms with van der Waals surface area (Å²) in [7, 11) is 0. The molecule has 0 aromatic heterocycles. The standard InChI is InChI=1S/C21H15Br2ClN2O4/c22-17-9-15(26-20(28)11-25-29)10-18(23)21(17)30-16-4-5-19(27)13(8-16)6-12-2-1-3-14(24)7-12/h1-5,7-11,27,29H,6H2,(H,26,28)/b25-11+. The third-order valence-electron chi connectivity index (χ3n) is 4.00. The molecule has 3 aromatic rings. The summed E-state index contributed by atoms with van der Waals surface area (Å²) >= 11 is 12.9. The second-order valence-electron chi connectivity index (χ2n) is 6.20. The predicted octanol–water partition coefficient (Wildman–Crippen LogP) is 6.35. The number of halogens is 3. The fourth-order valence-corrected chi connectivity index (χ4v) is 4.27. The van der Waals surface area contributed by atoms with Gasteiger partial charge < -0.3 is 20.4 Å². The topological polar surface area (TPSA) is 91.2 Å². The lowest BCUT2D eigenvalue weighted by molar-refractivity contribution is -0.110. The van der Waals surface area contributed by atoms with E-state index in [1.54, 1.807) is 36.4 Å². The lowest BCUT2D eigenvalue weighted by Crippen LogP contribution is -2.12. The van der Waals surface area contributed by atoms with Crippen LogP contribution in [-0.4, -0.2) is 22.4 Å². The Morgan fingerprint density at radius 1 is 1.13 bits per heavy atom. The molecule has 1 amide bonds. The average Bonchev–Trinajstić information content (AvgIpc) is 2.67. The minimum atomic E-state index is -0.575. The molecule has 154 valence electrons. The summed E-state index contributed by atoms with van der Waals surface area (Å²) in [4.78, 5) is 11.5. The molecule has 3 aromatic carbocycles. The maximum absolute atomic E-state index is 11.5. The van der Waals surface area contributed by atoms with E-state index in [4.69, 9.17) is 21.5 Å². The quantitative estimate of drug-likeness (QED) is 0.188. The zero-order valence-electron chi connectivity index (χ0n) is 15.3. The molecule has 30 heavy (non-hydrogen) atoms. The molecule has 0 unspecified atom stereocenters. The van der Waals surface area contributed by atoms with E-state index in [9.17, 15) is 9.90 Å². The van der Waals surface area contributed by atoms with Gasteiger partial charge in [-0.2, -0.15) is 0 Å². The number of rotatable bonds is 6. The number of carbonyl (C=O) groups excluding carboxylic acids is 1. The largest absolute Gasteiger partial charge is 0.508 e. The van der Waals surface area contributed by atoms with Gasteiger partial charge in [0.1, 0.15) is 17.7 Å². The molecule has 0 heterocycles. The summed E-state index contributed by atoms with van der Waals surface area (Å²) in [5.74, 6) is 0.594. The first-order chi connectivity index (χ1) is 14.4. The number of oxime groups is 1. The number of benzene rings is 3. The van der Waals surface area contributed by atoms with Crippen molar-refractivity contribution in [2.24, 2.45) is 5.16 Å². The summed E-state index contributed by atoms with van der Waals surface area (Å²) in [6.45, 7) is 0. The van der Waals surface area contributed by atoms with Gasteiger partial charge in [0.2, 0.25) is 0 Å². The summed E-state index contributed by atoms with van der Waals surface area (Å²) in [5.41, 5.74) is 2.12. The van der Waals surface area contributed by atoms with Crippen molar-refractivity contribution in [3.05, 3.63) is 79.7 Å². The number of nitrogens with zero attached hydrogens (tertiary/aromatic N) is 1. The summed E-state index contributed by atoms with van der Waals surface area (Å²) in [6.07, 6.45) is 1.24. The first-order valence-corrected chi connectivity index (χ1v) is 10.5. The number of hydrogen-bond donors (Lipinski definition) is 3. The van der Waals surface area contributed by atoms with Crippen molar-refractivity contribution in [1.29, 1.82) is 0 Å². The highest BCUT2D eigenvalue weighted by Gasteiger charge is 2.13. The fourth-order valence-electron chi connectivity index (χ4n) is 2.71. The molecular weight excluding hydrogens is 540 g/mol. The number of aromatic hydroxyl groups is 1. The zero-order chi connectivity index (χ0) is 21.7. The number of phenolic OH excluding ortho intramolecular Hbond substituents is 1. The van der Waals surface area contributed by atoms with Crippen molar-refractivity contribution in [2.75, 3.05) is 5.32 Å². The van der Waals surface area contributed by atoms with Gasteiger partial charge in [-0.05, 0) is 79.9 Å². The van der Waals surface area contributed by atoms with Gasteiger partial charge in [0.05, 0.1) is 8.95 Å². The molecule has 6 nitrogen and oxygen atoms in total. The third kappa shape index (κ3) is 5.75. The van der Waals surface area contributed by atoms with E-state index in [0.717, 1.165) is 11.8 Å². The van der Waals surface area contributed by atoms with Gasteiger partial charge in [0.25, 0.3) is 5.91 Å². The van der Waals surface area contributed by atoms with Crippen LogP contribution in [-0.2, 0) is 11.2 Å². The van der Waals surface area contributed by atoms with Crippen LogP contribution in [0.25, 0.3) is 0 Å². The van der Waals surface area contributed by atoms with Gasteiger partial charge in [-0.3, -0.25) is 4.79 Å². The molecule has 9 heteroatoms. The second-order valence-corrected chi connectivity index (χ2v) is 8.35. The maximum atomic E-state index is 11.5. The number of phenols is 1. The Bertz CT molecular complexity index is 1100. The van der Waals surface area contributed by atoms with Crippen LogP contribution in [0, 0.1) is 0 Å². The number of hydrogen-bond acceptors (Lipinski definition) is 5. The Morgan fingerprint density at radius 2 is 1.87 bits per heavy atom. The molecule has 0 spiro atoms. The predicted molar refractivity (Wildman–Crippen MR) is 123 cm³/mol. The van der Waals surface area contributed by atoms with Crippen LogP contribution in [0.5, 0.6) is 17.2 Å². The molecule has 0 aliphatic heterocycles. The van der Waals surface area contributed by atoms with E-state index in [0.29, 0.717) is 43.1 Å². The molecule has 0 atom stereocenters. The monoisotopic (exact) mass is 552 g/mol. The average molecular weight is 555 g/mol. The lowest BCUT2D eigenvalue weighted by Gasteiger charge is -2.14. The van der Waals surface area contributed by atoms with E-state index in [1.807, 2.05) is 18.2 Å². The fraction of sp³-hybridized carbons (Fsp3) is 0.0476. The van der Waals surface area contributed by atoms with Crippen molar-refractivity contribution in [1.82, 2.24) is 0 Å². The van der Waals surface area contributed by atoms with Crippen LogP contribution < -0.4 is 10.1 Å². The summed E-state index contributed by atoms with van der Waals surface area (Å²) < 4.78 is 7.16. The van der Waals surface area contributed by atoms with Gasteiger partial charge in [-0.25, -0.2) is 0 Å². The van der Waals surface area contributed by atoms with E-state index in [2.05, 4.69) is 42.3 Å². The van der Waals surface area contributed by atoms with Crippen molar-refractivity contribution in [3.63, 3.8) is 0 Å². The molecule has 0 fully saturated rings. The molecular formula is C21H15Br2ClN2O4. The highest BCUT2D eigenvalue weighted by molar-refractivity contribution is 9.11. The minimum absolute atomic E-state index is 0.157. The number of carbonyl (C=O) groups is 1. The van der Waals surface area contributed by atoms with Gasteiger partial charge in [-0.1, -0.05) is 28.9 Å². The Kier molecular flexibility index (Phi) is 7.36. The van der Waals surface area contributed by atoms with Gasteiger partial charge in [0.15, 0.2) is 5.75 Å². The third-order valence-corrected chi connectivity index (χ3v) is 5.41. The van der Waals surface area contributed by atoms with Gasteiger partial charge >= 0.3 is 0 Å². The molecule has 0 saturated heterocycles. The first kappa shape index (κ1) is 22.1. The highest BCUT2D eigenvalue weighted by atomic mass is 79.9. The normalized spacial score (nSPS) is 10.9. The summed E-state index contributed by atoms with van der Waals surface area (Å²) in [6, 6.07) is 15.7. The van der Waals surface area contributed by atoms with Gasteiger partial charge in [-0.15, -0.1) is 0 Å². The Balaban J connectivity index is 1.83. The van der Waals surface area contributed by atoms with Crippen LogP contribution in [0.4, 0.5) is 5.69 Å². The van der Waals surface area contributed by atoms with Crippen molar-refractivity contribution in [3.8, 4) is 17.2 Å². The van der Waals surface area contributed by atoms with Crippen LogP contribution >= 0.6 is 43.5 Å². The lowest BCUT2D eigenvalue weighted by atomic mass is 10.0. The summed E-state index contributed by atoms with van der Waals surface area (Å²) in [5, 5.41) is 24.5. The number of amides is 1. The zero-order valence-corrected chi connectivity index (χ0v) is 19.2. The number of nitrogens with one attached hydrogen (secondary N) is 1. The second kappa shape index (κ2) is 9.97. The van der Waals surface area contributed by atoms with Crippen LogP contribution in [0.15, 0.2) is 68.7 Å². The molecule has 3 N–H and O–H groups in total. The molecule has 0 radical (unpaired) electrons. The molecule has 3 rings (SSSR count). The Morgan fingerprint density at radius 3 is 2.53 bits per heavy atom. The molecule has 0 aliphatic carbocycles. The van der Waals surface area contributed by atoms with Crippen LogP contribution in [0.1, 0.15) is 11.1 Å². The van der Waals surface area contributed by atoms with E-state index in [1.165, 1.54) is 0 Å². The molecule has 0 bridgehead atoms. The Hall–Kier alpha value is -2.55. The van der Waals surface area contributed by atoms with E-state index in [-0.39, 0.29) is 5.75 Å². The maximum Gasteiger partial charge on any atom is 0.270 e. The van der Waals surface area contributed by atoms with E-state index >= 15 is 0 Å². The number of anilines is 1. The van der Waals surface area contributed by atoms with Crippen molar-refractivity contribution < 1.29 is 19.8 Å². The molecule has 0 saturated carbocycles.